The van der Waals surface area contributed by atoms with Crippen LogP contribution in [0.25, 0.3) is 0 Å². The van der Waals surface area contributed by atoms with Crippen LogP contribution in [0, 0.1) is 0 Å². The quantitative estimate of drug-likeness (QED) is 0.537. The Morgan fingerprint density at radius 3 is 1.62 bits per heavy atom. The number of thioether (sulfide) groups is 2. The minimum Gasteiger partial charge on any atom is -0.139 e. The summed E-state index contributed by atoms with van der Waals surface area (Å²) in [7, 11) is 0. The van der Waals surface area contributed by atoms with Crippen LogP contribution < -0.4 is 0 Å². The van der Waals surface area contributed by atoms with E-state index in [0.29, 0.717) is 0 Å². The first-order valence-corrected chi connectivity index (χ1v) is 5.27. The molecular weight excluding hydrogens is 183 g/mol. The highest BCUT2D eigenvalue weighted by Gasteiger charge is 2.17. The second-order valence-electron chi connectivity index (χ2n) is 1.49. The zero-order valence-corrected chi connectivity index (χ0v) is 7.29. The summed E-state index contributed by atoms with van der Waals surface area (Å²) in [6.07, 6.45) is 0. The number of halogens is 2. The van der Waals surface area contributed by atoms with E-state index in [4.69, 9.17) is 23.2 Å². The van der Waals surface area contributed by atoms with E-state index in [1.807, 2.05) is 0 Å². The van der Waals surface area contributed by atoms with Crippen LogP contribution in [-0.2, 0) is 0 Å². The van der Waals surface area contributed by atoms with Crippen molar-refractivity contribution in [1.29, 1.82) is 0 Å². The number of alkyl halides is 2. The van der Waals surface area contributed by atoms with Crippen molar-refractivity contribution in [2.75, 3.05) is 11.5 Å². The second kappa shape index (κ2) is 3.45. The van der Waals surface area contributed by atoms with Gasteiger partial charge in [0.25, 0.3) is 0 Å². The van der Waals surface area contributed by atoms with Gasteiger partial charge in [0, 0.05) is 11.5 Å². The predicted octanol–water partition coefficient (Wildman–Crippen LogP) is 2.60. The summed E-state index contributed by atoms with van der Waals surface area (Å²) in [5.41, 5.74) is 0. The molecule has 0 saturated carbocycles. The summed E-state index contributed by atoms with van der Waals surface area (Å²) in [5, 5.41) is 0. The van der Waals surface area contributed by atoms with E-state index in [2.05, 4.69) is 0 Å². The van der Waals surface area contributed by atoms with Crippen LogP contribution in [0.5, 0.6) is 0 Å². The zero-order chi connectivity index (χ0) is 5.98. The lowest BCUT2D eigenvalue weighted by Gasteiger charge is -2.18. The maximum absolute atomic E-state index is 5.77. The minimum atomic E-state index is 0.287. The van der Waals surface area contributed by atoms with Crippen molar-refractivity contribution in [3.05, 3.63) is 0 Å². The Balaban J connectivity index is 2.19. The van der Waals surface area contributed by atoms with Gasteiger partial charge >= 0.3 is 0 Å². The highest BCUT2D eigenvalue weighted by atomic mass is 35.5. The number of rotatable bonds is 0. The van der Waals surface area contributed by atoms with Crippen LogP contribution >= 0.6 is 46.7 Å². The van der Waals surface area contributed by atoms with Gasteiger partial charge in [-0.1, -0.05) is 0 Å². The predicted molar refractivity (Wildman–Crippen MR) is 44.2 cm³/mol. The molecule has 0 aromatic rings. The van der Waals surface area contributed by atoms with Crippen molar-refractivity contribution in [3.63, 3.8) is 0 Å². The zero-order valence-electron chi connectivity index (χ0n) is 4.14. The molecule has 1 aliphatic heterocycles. The molecule has 48 valence electrons. The lowest BCUT2D eigenvalue weighted by molar-refractivity contribution is 1.31. The van der Waals surface area contributed by atoms with Gasteiger partial charge in [-0.2, -0.15) is 0 Å². The van der Waals surface area contributed by atoms with E-state index < -0.39 is 0 Å². The molecule has 0 aromatic heterocycles. The Bertz CT molecular complexity index is 60.4. The fraction of sp³-hybridized carbons (Fsp3) is 1.00. The third-order valence-corrected chi connectivity index (χ3v) is 4.78. The molecule has 4 heteroatoms. The Morgan fingerprint density at radius 1 is 1.00 bits per heavy atom. The molecule has 0 aromatic carbocycles. The Morgan fingerprint density at radius 2 is 1.38 bits per heavy atom. The standard InChI is InChI=1S/C4H6Cl2S2/c5-3-1-7-4(6)2-8-3/h3-4H,1-2H2/t3-,4+. The molecule has 0 aliphatic carbocycles. The lowest BCUT2D eigenvalue weighted by Crippen LogP contribution is -2.12. The molecule has 1 saturated heterocycles. The molecule has 0 unspecified atom stereocenters. The molecule has 0 amide bonds. The first-order valence-electron chi connectivity index (χ1n) is 2.30. The lowest BCUT2D eigenvalue weighted by atomic mass is 10.9. The smallest absolute Gasteiger partial charge is 0.0880 e. The summed E-state index contributed by atoms with van der Waals surface area (Å²) >= 11 is 15.0. The first kappa shape index (κ1) is 7.39. The van der Waals surface area contributed by atoms with E-state index in [-0.39, 0.29) is 9.42 Å². The fourth-order valence-corrected chi connectivity index (χ4v) is 3.29. The molecule has 1 rings (SSSR count). The third kappa shape index (κ3) is 2.26. The summed E-state index contributed by atoms with van der Waals surface area (Å²) in [6, 6.07) is 0. The molecule has 0 bridgehead atoms. The SMILES string of the molecule is Cl[C@@H]1CS[C@@H](Cl)CS1. The fourth-order valence-electron chi connectivity index (χ4n) is 0.456. The van der Waals surface area contributed by atoms with Crippen molar-refractivity contribution in [1.82, 2.24) is 0 Å². The molecule has 0 spiro atoms. The minimum absolute atomic E-state index is 0.287. The number of hydrogen-bond acceptors (Lipinski definition) is 2. The van der Waals surface area contributed by atoms with E-state index in [9.17, 15) is 0 Å². The Kier molecular flexibility index (Phi) is 3.18. The average molecular weight is 189 g/mol. The highest BCUT2D eigenvalue weighted by molar-refractivity contribution is 8.08. The summed E-state index contributed by atoms with van der Waals surface area (Å²) in [6.45, 7) is 0. The molecule has 1 aliphatic rings. The Labute approximate surface area is 67.7 Å². The van der Waals surface area contributed by atoms with Crippen LogP contribution in [0.4, 0.5) is 0 Å². The van der Waals surface area contributed by atoms with Crippen molar-refractivity contribution >= 4 is 46.7 Å². The average Bonchev–Trinajstić information content (AvgIpc) is 1.77. The largest absolute Gasteiger partial charge is 0.139 e. The molecule has 0 nitrogen and oxygen atoms in total. The molecule has 2 atom stereocenters. The van der Waals surface area contributed by atoms with E-state index in [1.165, 1.54) is 0 Å². The van der Waals surface area contributed by atoms with Crippen LogP contribution in [0.15, 0.2) is 0 Å². The normalized spacial score (nSPS) is 39.8. The maximum Gasteiger partial charge on any atom is 0.0880 e. The van der Waals surface area contributed by atoms with Gasteiger partial charge in [-0.25, -0.2) is 0 Å². The van der Waals surface area contributed by atoms with Gasteiger partial charge in [0.15, 0.2) is 0 Å². The van der Waals surface area contributed by atoms with Crippen LogP contribution in [0.3, 0.4) is 0 Å². The van der Waals surface area contributed by atoms with E-state index in [1.54, 1.807) is 23.5 Å². The van der Waals surface area contributed by atoms with Crippen LogP contribution in [0.1, 0.15) is 0 Å². The van der Waals surface area contributed by atoms with Crippen LogP contribution in [0.2, 0.25) is 0 Å². The molecule has 8 heavy (non-hydrogen) atoms. The van der Waals surface area contributed by atoms with Crippen LogP contribution in [-0.4, -0.2) is 20.9 Å². The van der Waals surface area contributed by atoms with Gasteiger partial charge < -0.3 is 0 Å². The second-order valence-corrected chi connectivity index (χ2v) is 5.53. The molecule has 0 N–H and O–H groups in total. The molecular formula is C4H6Cl2S2. The Hall–Kier alpha value is 1.28. The van der Waals surface area contributed by atoms with Gasteiger partial charge in [0.2, 0.25) is 0 Å². The van der Waals surface area contributed by atoms with Gasteiger partial charge in [-0.15, -0.1) is 46.7 Å². The van der Waals surface area contributed by atoms with Crippen molar-refractivity contribution < 1.29 is 0 Å². The first-order chi connectivity index (χ1) is 3.79. The summed E-state index contributed by atoms with van der Waals surface area (Å²) in [4.78, 5) is 0. The van der Waals surface area contributed by atoms with Crippen molar-refractivity contribution in [3.8, 4) is 0 Å². The van der Waals surface area contributed by atoms with Gasteiger partial charge in [0.1, 0.15) is 0 Å². The van der Waals surface area contributed by atoms with E-state index >= 15 is 0 Å². The van der Waals surface area contributed by atoms with Crippen molar-refractivity contribution in [2.45, 2.75) is 9.42 Å². The number of hydrogen-bond donors (Lipinski definition) is 0. The molecule has 0 radical (unpaired) electrons. The van der Waals surface area contributed by atoms with Crippen molar-refractivity contribution in [2.24, 2.45) is 0 Å². The highest BCUT2D eigenvalue weighted by Crippen LogP contribution is 2.33. The molecule has 1 heterocycles. The topological polar surface area (TPSA) is 0 Å². The molecule has 1 fully saturated rings. The van der Waals surface area contributed by atoms with E-state index in [0.717, 1.165) is 11.5 Å². The monoisotopic (exact) mass is 188 g/mol. The van der Waals surface area contributed by atoms with Gasteiger partial charge in [-0.05, 0) is 0 Å². The third-order valence-electron chi connectivity index (χ3n) is 0.816. The summed E-state index contributed by atoms with van der Waals surface area (Å²) < 4.78 is 0.574. The maximum atomic E-state index is 5.77. The van der Waals surface area contributed by atoms with Gasteiger partial charge in [-0.3, -0.25) is 0 Å². The summed E-state index contributed by atoms with van der Waals surface area (Å²) in [5.74, 6) is 1.97. The van der Waals surface area contributed by atoms with Gasteiger partial charge in [0.05, 0.1) is 9.42 Å².